The second-order valence-corrected chi connectivity index (χ2v) is 10.6. The summed E-state index contributed by atoms with van der Waals surface area (Å²) in [6, 6.07) is 0.525. The zero-order valence-corrected chi connectivity index (χ0v) is 21.5. The summed E-state index contributed by atoms with van der Waals surface area (Å²) < 4.78 is 1.59. The van der Waals surface area contributed by atoms with E-state index >= 15 is 0 Å². The second-order valence-electron chi connectivity index (χ2n) is 10.6. The van der Waals surface area contributed by atoms with Crippen LogP contribution in [0.3, 0.4) is 0 Å². The number of amides is 1. The number of likely N-dealkylation sites (tertiary alicyclic amines) is 1. The van der Waals surface area contributed by atoms with E-state index in [-0.39, 0.29) is 41.6 Å². The lowest BCUT2D eigenvalue weighted by atomic mass is 9.91. The van der Waals surface area contributed by atoms with Crippen molar-refractivity contribution >= 4 is 23.6 Å². The Hall–Kier alpha value is -3.74. The van der Waals surface area contributed by atoms with Gasteiger partial charge in [0.05, 0.1) is 18.3 Å². The molecule has 0 spiro atoms. The SMILES string of the molecule is CC(C(=O)NC1CCC(Nc2nc(=NC3CC3)n3nc/c(=C/c4[nH]c(=O)[nH]c4O)c3n2)CC1)N1CCCC1. The summed E-state index contributed by atoms with van der Waals surface area (Å²) >= 11 is 0. The first-order chi connectivity index (χ1) is 18.4. The van der Waals surface area contributed by atoms with E-state index in [2.05, 4.69) is 35.6 Å². The summed E-state index contributed by atoms with van der Waals surface area (Å²) in [6.07, 6.45) is 11.2. The Morgan fingerprint density at radius 1 is 1.13 bits per heavy atom. The number of aromatic hydroxyl groups is 1. The molecule has 3 aliphatic rings. The van der Waals surface area contributed by atoms with Crippen LogP contribution in [0.15, 0.2) is 16.0 Å². The molecule has 3 fully saturated rings. The molecule has 38 heavy (non-hydrogen) atoms. The minimum atomic E-state index is -0.496. The van der Waals surface area contributed by atoms with Gasteiger partial charge >= 0.3 is 5.69 Å². The Bertz CT molecular complexity index is 1490. The molecule has 6 rings (SSSR count). The number of aromatic nitrogens is 6. The van der Waals surface area contributed by atoms with Gasteiger partial charge in [-0.1, -0.05) is 0 Å². The molecule has 202 valence electrons. The average molecular weight is 523 g/mol. The first-order valence-corrected chi connectivity index (χ1v) is 13.6. The van der Waals surface area contributed by atoms with E-state index in [4.69, 9.17) is 9.98 Å². The number of fused-ring (bicyclic) bond motifs is 1. The zero-order valence-electron chi connectivity index (χ0n) is 21.5. The third-order valence-electron chi connectivity index (χ3n) is 7.73. The smallest absolute Gasteiger partial charge is 0.326 e. The summed E-state index contributed by atoms with van der Waals surface area (Å²) in [4.78, 5) is 45.5. The van der Waals surface area contributed by atoms with Crippen LogP contribution in [-0.4, -0.2) is 82.7 Å². The molecule has 3 aromatic heterocycles. The minimum absolute atomic E-state index is 0.0743. The Morgan fingerprint density at radius 3 is 2.55 bits per heavy atom. The van der Waals surface area contributed by atoms with Crippen LogP contribution in [0.5, 0.6) is 5.88 Å². The summed E-state index contributed by atoms with van der Waals surface area (Å²) in [6.45, 7) is 4.01. The highest BCUT2D eigenvalue weighted by Crippen LogP contribution is 2.23. The molecule has 2 aliphatic carbocycles. The van der Waals surface area contributed by atoms with Gasteiger partial charge in [0, 0.05) is 17.3 Å². The van der Waals surface area contributed by atoms with Gasteiger partial charge in [-0.3, -0.25) is 14.7 Å². The van der Waals surface area contributed by atoms with Crippen LogP contribution in [-0.2, 0) is 4.79 Å². The number of hydrogen-bond donors (Lipinski definition) is 5. The van der Waals surface area contributed by atoms with Crippen LogP contribution in [0.1, 0.15) is 64.0 Å². The maximum absolute atomic E-state index is 12.7. The van der Waals surface area contributed by atoms with Crippen molar-refractivity contribution in [1.29, 1.82) is 0 Å². The van der Waals surface area contributed by atoms with Crippen molar-refractivity contribution in [2.24, 2.45) is 4.99 Å². The maximum atomic E-state index is 12.7. The number of anilines is 1. The number of nitrogens with one attached hydrogen (secondary N) is 4. The topological polar surface area (TPSA) is 169 Å². The van der Waals surface area contributed by atoms with E-state index in [9.17, 15) is 14.7 Å². The summed E-state index contributed by atoms with van der Waals surface area (Å²) in [5.41, 5.74) is 0.755. The second kappa shape index (κ2) is 10.2. The van der Waals surface area contributed by atoms with Gasteiger partial charge in [-0.2, -0.15) is 19.6 Å². The van der Waals surface area contributed by atoms with Crippen LogP contribution in [0.25, 0.3) is 11.7 Å². The van der Waals surface area contributed by atoms with Gasteiger partial charge in [0.15, 0.2) is 5.65 Å². The predicted octanol–water partition coefficient (Wildman–Crippen LogP) is -0.219. The molecule has 13 nitrogen and oxygen atoms in total. The van der Waals surface area contributed by atoms with Crippen molar-refractivity contribution in [2.45, 2.75) is 82.5 Å². The molecule has 0 radical (unpaired) electrons. The lowest BCUT2D eigenvalue weighted by molar-refractivity contribution is -0.126. The monoisotopic (exact) mass is 522 g/mol. The van der Waals surface area contributed by atoms with E-state index in [1.165, 1.54) is 12.8 Å². The van der Waals surface area contributed by atoms with Crippen molar-refractivity contribution in [3.05, 3.63) is 33.2 Å². The van der Waals surface area contributed by atoms with Crippen LogP contribution in [0.4, 0.5) is 5.95 Å². The third kappa shape index (κ3) is 5.28. The van der Waals surface area contributed by atoms with Crippen LogP contribution >= 0.6 is 0 Å². The Morgan fingerprint density at radius 2 is 1.87 bits per heavy atom. The number of rotatable bonds is 7. The number of nitrogens with zero attached hydrogens (tertiary/aromatic N) is 6. The van der Waals surface area contributed by atoms with Crippen molar-refractivity contribution in [3.63, 3.8) is 0 Å². The molecule has 0 bridgehead atoms. The maximum Gasteiger partial charge on any atom is 0.326 e. The van der Waals surface area contributed by atoms with Gasteiger partial charge in [-0.25, -0.2) is 9.79 Å². The highest BCUT2D eigenvalue weighted by atomic mass is 16.3. The fraction of sp³-hybridized carbons (Fsp3) is 0.600. The molecular formula is C25H34N10O3. The van der Waals surface area contributed by atoms with E-state index in [0.29, 0.717) is 22.4 Å². The lowest BCUT2D eigenvalue weighted by Crippen LogP contribution is -2.48. The largest absolute Gasteiger partial charge is 0.493 e. The van der Waals surface area contributed by atoms with Crippen LogP contribution < -0.4 is 27.2 Å². The van der Waals surface area contributed by atoms with Crippen molar-refractivity contribution in [1.82, 2.24) is 39.8 Å². The number of hydrogen-bond acceptors (Lipinski definition) is 9. The molecule has 1 aliphatic heterocycles. The summed E-state index contributed by atoms with van der Waals surface area (Å²) in [5, 5.41) is 21.7. The van der Waals surface area contributed by atoms with E-state index in [1.54, 1.807) is 16.8 Å². The summed E-state index contributed by atoms with van der Waals surface area (Å²) in [5.74, 6) is 0.347. The molecule has 1 unspecified atom stereocenters. The normalized spacial score (nSPS) is 24.2. The Balaban J connectivity index is 1.18. The predicted molar refractivity (Wildman–Crippen MR) is 139 cm³/mol. The number of H-pyrrole nitrogens is 2. The molecule has 1 amide bonds. The van der Waals surface area contributed by atoms with Gasteiger partial charge < -0.3 is 20.7 Å². The van der Waals surface area contributed by atoms with Crippen LogP contribution in [0.2, 0.25) is 0 Å². The first kappa shape index (κ1) is 24.6. The van der Waals surface area contributed by atoms with Gasteiger partial charge in [0.2, 0.25) is 17.7 Å². The van der Waals surface area contributed by atoms with E-state index < -0.39 is 5.69 Å². The molecule has 3 aromatic rings. The van der Waals surface area contributed by atoms with Crippen molar-refractivity contribution < 1.29 is 9.90 Å². The van der Waals surface area contributed by atoms with Gasteiger partial charge in [-0.15, -0.1) is 0 Å². The summed E-state index contributed by atoms with van der Waals surface area (Å²) in [7, 11) is 0. The van der Waals surface area contributed by atoms with Crippen molar-refractivity contribution in [3.8, 4) is 5.88 Å². The fourth-order valence-electron chi connectivity index (χ4n) is 5.33. The molecule has 13 heteroatoms. The van der Waals surface area contributed by atoms with E-state index in [1.807, 2.05) is 6.92 Å². The number of carbonyl (C=O) groups is 1. The lowest BCUT2D eigenvalue weighted by Gasteiger charge is -2.31. The number of carbonyl (C=O) groups excluding carboxylic acids is 1. The van der Waals surface area contributed by atoms with Crippen molar-refractivity contribution in [2.75, 3.05) is 18.4 Å². The number of aromatic amines is 2. The van der Waals surface area contributed by atoms with E-state index in [0.717, 1.165) is 51.6 Å². The molecular weight excluding hydrogens is 488 g/mol. The molecule has 0 aromatic carbocycles. The Labute approximate surface area is 218 Å². The zero-order chi connectivity index (χ0) is 26.2. The molecule has 5 N–H and O–H groups in total. The average Bonchev–Trinajstić information content (AvgIpc) is 3.25. The first-order valence-electron chi connectivity index (χ1n) is 13.6. The van der Waals surface area contributed by atoms with Gasteiger partial charge in [0.1, 0.15) is 5.69 Å². The highest BCUT2D eigenvalue weighted by molar-refractivity contribution is 5.81. The number of imidazole rings is 1. The third-order valence-corrected chi connectivity index (χ3v) is 7.73. The molecule has 4 heterocycles. The van der Waals surface area contributed by atoms with Gasteiger partial charge in [-0.05, 0) is 77.5 Å². The van der Waals surface area contributed by atoms with Gasteiger partial charge in [0.25, 0.3) is 5.62 Å². The molecule has 1 saturated heterocycles. The highest BCUT2D eigenvalue weighted by Gasteiger charge is 2.28. The molecule has 1 atom stereocenters. The van der Waals surface area contributed by atoms with Crippen LogP contribution in [0, 0.1) is 0 Å². The quantitative estimate of drug-likeness (QED) is 0.284. The molecule has 2 saturated carbocycles. The fourth-order valence-corrected chi connectivity index (χ4v) is 5.33. The standard InChI is InChI=1S/C25H34N10O3/c1-14(34-10-2-3-11-34)21(36)27-16-4-6-17(7-5-16)28-23-31-20-15(12-19-22(37)32-25(38)30-19)13-26-35(20)24(33-23)29-18-8-9-18/h12-14,16-18,37H,2-11H2,1H3,(H,27,36)(H,28,29,33)(H2,30,32,38)/b15-12-. The Kier molecular flexibility index (Phi) is 6.60. The minimum Gasteiger partial charge on any atom is -0.493 e.